The molecule has 0 saturated carbocycles. The molecular formula is C18H24N4O2. The molecule has 0 radical (unpaired) electrons. The summed E-state index contributed by atoms with van der Waals surface area (Å²) < 4.78 is 0. The van der Waals surface area contributed by atoms with Gasteiger partial charge >= 0.3 is 5.69 Å². The monoisotopic (exact) mass is 328 g/mol. The van der Waals surface area contributed by atoms with Crippen LogP contribution in [0.2, 0.25) is 0 Å². The summed E-state index contributed by atoms with van der Waals surface area (Å²) in [6.07, 6.45) is 0.845. The van der Waals surface area contributed by atoms with Crippen LogP contribution in [0.3, 0.4) is 0 Å². The second-order valence-corrected chi connectivity index (χ2v) is 6.22. The van der Waals surface area contributed by atoms with E-state index in [-0.39, 0.29) is 11.6 Å². The number of hydrogen-bond donors (Lipinski definition) is 2. The maximum absolute atomic E-state index is 12.2. The minimum atomic E-state index is -0.522. The third-order valence-corrected chi connectivity index (χ3v) is 3.71. The van der Waals surface area contributed by atoms with Crippen molar-refractivity contribution in [2.24, 2.45) is 0 Å². The normalized spacial score (nSPS) is 10.9. The molecule has 6 nitrogen and oxygen atoms in total. The Balaban J connectivity index is 2.19. The fourth-order valence-electron chi connectivity index (χ4n) is 2.51. The average Bonchev–Trinajstić information content (AvgIpc) is 2.50. The van der Waals surface area contributed by atoms with E-state index in [0.29, 0.717) is 12.2 Å². The molecule has 128 valence electrons. The number of benzene rings is 1. The van der Waals surface area contributed by atoms with E-state index in [1.807, 2.05) is 46.1 Å². The van der Waals surface area contributed by atoms with Crippen LogP contribution < -0.4 is 11.0 Å². The summed E-state index contributed by atoms with van der Waals surface area (Å²) in [7, 11) is 3.97. The number of aromatic amines is 1. The highest BCUT2D eigenvalue weighted by Gasteiger charge is 2.11. The van der Waals surface area contributed by atoms with Gasteiger partial charge in [0.05, 0.1) is 5.69 Å². The summed E-state index contributed by atoms with van der Waals surface area (Å²) in [6, 6.07) is 7.54. The zero-order valence-electron chi connectivity index (χ0n) is 14.6. The number of nitrogens with zero attached hydrogens (tertiary/aromatic N) is 2. The van der Waals surface area contributed by atoms with E-state index in [2.05, 4.69) is 20.2 Å². The van der Waals surface area contributed by atoms with Crippen LogP contribution in [0.5, 0.6) is 0 Å². The van der Waals surface area contributed by atoms with Crippen molar-refractivity contribution >= 4 is 5.91 Å². The molecule has 24 heavy (non-hydrogen) atoms. The number of amides is 1. The van der Waals surface area contributed by atoms with E-state index in [0.717, 1.165) is 29.7 Å². The second kappa shape index (κ2) is 7.88. The lowest BCUT2D eigenvalue weighted by molar-refractivity contribution is 0.0947. The lowest BCUT2D eigenvalue weighted by Gasteiger charge is -2.10. The average molecular weight is 328 g/mol. The number of aromatic nitrogens is 2. The van der Waals surface area contributed by atoms with Crippen LogP contribution in [0.15, 0.2) is 29.1 Å². The van der Waals surface area contributed by atoms with Gasteiger partial charge in [-0.3, -0.25) is 4.79 Å². The van der Waals surface area contributed by atoms with Crippen LogP contribution in [0.4, 0.5) is 0 Å². The number of carbonyl (C=O) groups excluding carboxylic acids is 1. The van der Waals surface area contributed by atoms with Crippen molar-refractivity contribution < 1.29 is 4.79 Å². The first-order chi connectivity index (χ1) is 11.4. The molecule has 0 aliphatic heterocycles. The highest BCUT2D eigenvalue weighted by atomic mass is 16.2. The third kappa shape index (κ3) is 4.76. The highest BCUT2D eigenvalue weighted by Crippen LogP contribution is 2.21. The van der Waals surface area contributed by atoms with Gasteiger partial charge in [0.2, 0.25) is 0 Å². The predicted molar refractivity (Wildman–Crippen MR) is 95.3 cm³/mol. The van der Waals surface area contributed by atoms with E-state index in [1.54, 1.807) is 6.07 Å². The summed E-state index contributed by atoms with van der Waals surface area (Å²) in [5.74, 6) is -0.292. The molecule has 0 fully saturated rings. The first-order valence-corrected chi connectivity index (χ1v) is 7.99. The zero-order chi connectivity index (χ0) is 17.7. The van der Waals surface area contributed by atoms with Crippen molar-refractivity contribution in [2.45, 2.75) is 20.3 Å². The van der Waals surface area contributed by atoms with Gasteiger partial charge in [0, 0.05) is 12.1 Å². The van der Waals surface area contributed by atoms with E-state index >= 15 is 0 Å². The first-order valence-electron chi connectivity index (χ1n) is 7.99. The lowest BCUT2D eigenvalue weighted by atomic mass is 10.0. The quantitative estimate of drug-likeness (QED) is 0.792. The fourth-order valence-corrected chi connectivity index (χ4v) is 2.51. The first kappa shape index (κ1) is 17.9. The molecule has 6 heteroatoms. The van der Waals surface area contributed by atoms with Gasteiger partial charge in [-0.15, -0.1) is 0 Å². The topological polar surface area (TPSA) is 78.1 Å². The SMILES string of the molecule is Cc1ccc(-c2cc(C(=O)NCCCN(C)C)[nH]c(=O)n2)c(C)c1. The Morgan fingerprint density at radius 1 is 1.25 bits per heavy atom. The third-order valence-electron chi connectivity index (χ3n) is 3.71. The van der Waals surface area contributed by atoms with Crippen LogP contribution >= 0.6 is 0 Å². The molecule has 0 spiro atoms. The maximum atomic E-state index is 12.2. The highest BCUT2D eigenvalue weighted by molar-refractivity contribution is 5.93. The lowest BCUT2D eigenvalue weighted by Crippen LogP contribution is -2.29. The Kier molecular flexibility index (Phi) is 5.87. The summed E-state index contributed by atoms with van der Waals surface area (Å²) in [6.45, 7) is 5.42. The predicted octanol–water partition coefficient (Wildman–Crippen LogP) is 1.74. The minimum absolute atomic E-state index is 0.231. The number of H-pyrrole nitrogens is 1. The van der Waals surface area contributed by atoms with Crippen LogP contribution in [0.1, 0.15) is 28.0 Å². The molecule has 0 saturated heterocycles. The molecular weight excluding hydrogens is 304 g/mol. The molecule has 2 rings (SSSR count). The number of nitrogens with one attached hydrogen (secondary N) is 2. The molecule has 0 bridgehead atoms. The Morgan fingerprint density at radius 2 is 2.00 bits per heavy atom. The van der Waals surface area contributed by atoms with Gasteiger partial charge in [-0.2, -0.15) is 4.98 Å². The molecule has 0 unspecified atom stereocenters. The minimum Gasteiger partial charge on any atom is -0.351 e. The van der Waals surface area contributed by atoms with Crippen LogP contribution in [-0.4, -0.2) is 48.0 Å². The van der Waals surface area contributed by atoms with E-state index < -0.39 is 5.69 Å². The summed E-state index contributed by atoms with van der Waals surface area (Å²) in [4.78, 5) is 32.6. The van der Waals surface area contributed by atoms with Gasteiger partial charge in [0.15, 0.2) is 0 Å². The van der Waals surface area contributed by atoms with E-state index in [1.165, 1.54) is 0 Å². The molecule has 1 amide bonds. The molecule has 0 atom stereocenters. The largest absolute Gasteiger partial charge is 0.351 e. The van der Waals surface area contributed by atoms with Crippen LogP contribution in [0.25, 0.3) is 11.3 Å². The second-order valence-electron chi connectivity index (χ2n) is 6.22. The molecule has 2 aromatic rings. The Bertz CT molecular complexity index is 781. The number of carbonyl (C=O) groups is 1. The summed E-state index contributed by atoms with van der Waals surface area (Å²) in [5, 5.41) is 2.82. The Labute approximate surface area is 141 Å². The van der Waals surface area contributed by atoms with Crippen molar-refractivity contribution in [1.82, 2.24) is 20.2 Å². The Hall–Kier alpha value is -2.47. The van der Waals surface area contributed by atoms with Crippen LogP contribution in [0, 0.1) is 13.8 Å². The summed E-state index contributed by atoms with van der Waals surface area (Å²) >= 11 is 0. The van der Waals surface area contributed by atoms with Gasteiger partial charge in [-0.05, 0) is 52.5 Å². The van der Waals surface area contributed by atoms with Gasteiger partial charge in [-0.25, -0.2) is 4.79 Å². The van der Waals surface area contributed by atoms with Gasteiger partial charge in [0.1, 0.15) is 5.69 Å². The number of hydrogen-bond acceptors (Lipinski definition) is 4. The number of aryl methyl sites for hydroxylation is 2. The smallest absolute Gasteiger partial charge is 0.346 e. The van der Waals surface area contributed by atoms with Gasteiger partial charge < -0.3 is 15.2 Å². The van der Waals surface area contributed by atoms with Crippen molar-refractivity contribution in [3.63, 3.8) is 0 Å². The van der Waals surface area contributed by atoms with Crippen LogP contribution in [-0.2, 0) is 0 Å². The van der Waals surface area contributed by atoms with Crippen molar-refractivity contribution in [2.75, 3.05) is 27.2 Å². The standard InChI is InChI=1S/C18H24N4O2/c1-12-6-7-14(13(2)10-12)15-11-16(21-18(24)20-15)17(23)19-8-5-9-22(3)4/h6-7,10-11H,5,8-9H2,1-4H3,(H,19,23)(H,20,21,24). The van der Waals surface area contributed by atoms with Crippen molar-refractivity contribution in [1.29, 1.82) is 0 Å². The van der Waals surface area contributed by atoms with Crippen molar-refractivity contribution in [3.05, 3.63) is 51.6 Å². The van der Waals surface area contributed by atoms with E-state index in [9.17, 15) is 9.59 Å². The Morgan fingerprint density at radius 3 is 2.67 bits per heavy atom. The molecule has 1 aromatic carbocycles. The summed E-state index contributed by atoms with van der Waals surface area (Å²) in [5.41, 5.74) is 3.23. The number of rotatable bonds is 6. The van der Waals surface area contributed by atoms with E-state index in [4.69, 9.17) is 0 Å². The molecule has 2 N–H and O–H groups in total. The molecule has 0 aliphatic rings. The molecule has 0 aliphatic carbocycles. The molecule has 1 heterocycles. The van der Waals surface area contributed by atoms with Gasteiger partial charge in [0.25, 0.3) is 5.91 Å². The zero-order valence-corrected chi connectivity index (χ0v) is 14.6. The van der Waals surface area contributed by atoms with Gasteiger partial charge in [-0.1, -0.05) is 23.8 Å². The van der Waals surface area contributed by atoms with Crippen molar-refractivity contribution in [3.8, 4) is 11.3 Å². The fraction of sp³-hybridized carbons (Fsp3) is 0.389. The maximum Gasteiger partial charge on any atom is 0.346 e. The molecule has 1 aromatic heterocycles.